The normalized spacial score (nSPS) is 16.7. The first kappa shape index (κ1) is 17.2. The molecule has 0 bridgehead atoms. The zero-order valence-corrected chi connectivity index (χ0v) is 15.4. The number of rotatable bonds is 3. The van der Waals surface area contributed by atoms with Gasteiger partial charge in [0.25, 0.3) is 0 Å². The van der Waals surface area contributed by atoms with Crippen LogP contribution in [0.5, 0.6) is 0 Å². The number of anilines is 1. The average Bonchev–Trinajstić information content (AvgIpc) is 2.62. The van der Waals surface area contributed by atoms with Crippen molar-refractivity contribution in [3.8, 4) is 0 Å². The Bertz CT molecular complexity index is 684. The molecule has 2 aromatic carbocycles. The van der Waals surface area contributed by atoms with Crippen molar-refractivity contribution in [2.75, 3.05) is 31.5 Å². The predicted molar refractivity (Wildman–Crippen MR) is 106 cm³/mol. The molecule has 0 saturated carbocycles. The molecule has 1 saturated heterocycles. The fraction of sp³-hybridized carbons (Fsp3) is 0.316. The van der Waals surface area contributed by atoms with Crippen LogP contribution in [0.3, 0.4) is 0 Å². The zero-order valence-electron chi connectivity index (χ0n) is 13.8. The fourth-order valence-corrected chi connectivity index (χ4v) is 3.51. The molecule has 1 aliphatic heterocycles. The van der Waals surface area contributed by atoms with Gasteiger partial charge < -0.3 is 10.2 Å². The monoisotopic (exact) mass is 359 g/mol. The van der Waals surface area contributed by atoms with Gasteiger partial charge in [-0.25, -0.2) is 0 Å². The highest BCUT2D eigenvalue weighted by molar-refractivity contribution is 7.80. The summed E-state index contributed by atoms with van der Waals surface area (Å²) in [5.74, 6) is 0. The quantitative estimate of drug-likeness (QED) is 0.817. The number of piperazine rings is 1. The summed E-state index contributed by atoms with van der Waals surface area (Å²) < 4.78 is 0. The van der Waals surface area contributed by atoms with Gasteiger partial charge in [0.2, 0.25) is 0 Å². The van der Waals surface area contributed by atoms with Crippen molar-refractivity contribution < 1.29 is 0 Å². The van der Waals surface area contributed by atoms with Crippen molar-refractivity contribution in [3.05, 3.63) is 65.2 Å². The minimum absolute atomic E-state index is 0.433. The largest absolute Gasteiger partial charge is 0.346 e. The van der Waals surface area contributed by atoms with Gasteiger partial charge in [0.15, 0.2) is 5.11 Å². The van der Waals surface area contributed by atoms with E-state index in [0.29, 0.717) is 11.1 Å². The van der Waals surface area contributed by atoms with E-state index in [0.717, 1.165) is 37.0 Å². The smallest absolute Gasteiger partial charge is 0.173 e. The molecule has 2 aromatic rings. The molecule has 1 fully saturated rings. The van der Waals surface area contributed by atoms with Crippen LogP contribution in [-0.2, 0) is 0 Å². The van der Waals surface area contributed by atoms with E-state index in [4.69, 9.17) is 23.8 Å². The standard InChI is InChI=1S/C19H22ClN3S/c1-15(16-6-3-2-4-7-16)22-10-12-23(13-11-22)19(24)21-18-9-5-8-17(20)14-18/h2-9,14-15H,10-13H2,1H3,(H,21,24). The van der Waals surface area contributed by atoms with Crippen molar-refractivity contribution in [1.82, 2.24) is 9.80 Å². The molecular formula is C19H22ClN3S. The maximum absolute atomic E-state index is 6.02. The lowest BCUT2D eigenvalue weighted by Crippen LogP contribution is -2.50. The average molecular weight is 360 g/mol. The molecule has 24 heavy (non-hydrogen) atoms. The Kier molecular flexibility index (Phi) is 5.72. The lowest BCUT2D eigenvalue weighted by Gasteiger charge is -2.39. The van der Waals surface area contributed by atoms with Gasteiger partial charge in [-0.1, -0.05) is 48.0 Å². The van der Waals surface area contributed by atoms with Gasteiger partial charge in [0.1, 0.15) is 0 Å². The van der Waals surface area contributed by atoms with E-state index in [-0.39, 0.29) is 0 Å². The van der Waals surface area contributed by atoms with E-state index in [2.05, 4.69) is 52.4 Å². The molecule has 0 spiro atoms. The number of benzene rings is 2. The third kappa shape index (κ3) is 4.26. The molecule has 0 radical (unpaired) electrons. The van der Waals surface area contributed by atoms with Gasteiger partial charge in [0.05, 0.1) is 0 Å². The summed E-state index contributed by atoms with van der Waals surface area (Å²) in [5, 5.41) is 4.76. The molecule has 1 unspecified atom stereocenters. The van der Waals surface area contributed by atoms with Gasteiger partial charge >= 0.3 is 0 Å². The Morgan fingerprint density at radius 3 is 2.42 bits per heavy atom. The topological polar surface area (TPSA) is 18.5 Å². The molecule has 0 aromatic heterocycles. The SMILES string of the molecule is CC(c1ccccc1)N1CCN(C(=S)Nc2cccc(Cl)c2)CC1. The Labute approximate surface area is 154 Å². The summed E-state index contributed by atoms with van der Waals surface area (Å²) in [6, 6.07) is 18.7. The summed E-state index contributed by atoms with van der Waals surface area (Å²) in [7, 11) is 0. The van der Waals surface area contributed by atoms with Crippen molar-refractivity contribution in [1.29, 1.82) is 0 Å². The van der Waals surface area contributed by atoms with Crippen LogP contribution in [0.1, 0.15) is 18.5 Å². The Morgan fingerprint density at radius 1 is 1.04 bits per heavy atom. The summed E-state index contributed by atoms with van der Waals surface area (Å²) in [6.07, 6.45) is 0. The predicted octanol–water partition coefficient (Wildman–Crippen LogP) is 4.42. The minimum Gasteiger partial charge on any atom is -0.346 e. The molecule has 0 aliphatic carbocycles. The molecular weight excluding hydrogens is 338 g/mol. The number of thiocarbonyl (C=S) groups is 1. The van der Waals surface area contributed by atoms with Crippen LogP contribution in [-0.4, -0.2) is 41.1 Å². The maximum atomic E-state index is 6.02. The van der Waals surface area contributed by atoms with Crippen molar-refractivity contribution in [3.63, 3.8) is 0 Å². The number of halogens is 1. The molecule has 0 amide bonds. The highest BCUT2D eigenvalue weighted by Crippen LogP contribution is 2.22. The van der Waals surface area contributed by atoms with E-state index in [9.17, 15) is 0 Å². The number of hydrogen-bond acceptors (Lipinski definition) is 2. The number of nitrogens with one attached hydrogen (secondary N) is 1. The molecule has 3 nitrogen and oxygen atoms in total. The second-order valence-corrected chi connectivity index (χ2v) is 6.87. The van der Waals surface area contributed by atoms with Crippen LogP contribution in [0, 0.1) is 0 Å². The lowest BCUT2D eigenvalue weighted by molar-refractivity contribution is 0.142. The third-order valence-electron chi connectivity index (χ3n) is 4.51. The summed E-state index contributed by atoms with van der Waals surface area (Å²) in [5.41, 5.74) is 2.30. The Balaban J connectivity index is 1.54. The van der Waals surface area contributed by atoms with Gasteiger partial charge in [-0.2, -0.15) is 0 Å². The molecule has 5 heteroatoms. The van der Waals surface area contributed by atoms with Crippen LogP contribution in [0.4, 0.5) is 5.69 Å². The maximum Gasteiger partial charge on any atom is 0.173 e. The summed E-state index contributed by atoms with van der Waals surface area (Å²) in [6.45, 7) is 6.15. The Hall–Kier alpha value is -1.62. The van der Waals surface area contributed by atoms with Crippen molar-refractivity contribution in [2.45, 2.75) is 13.0 Å². The summed E-state index contributed by atoms with van der Waals surface area (Å²) >= 11 is 11.6. The Morgan fingerprint density at radius 2 is 1.75 bits per heavy atom. The minimum atomic E-state index is 0.433. The van der Waals surface area contributed by atoms with Crippen molar-refractivity contribution >= 4 is 34.6 Å². The van der Waals surface area contributed by atoms with Crippen LogP contribution in [0.2, 0.25) is 5.02 Å². The second kappa shape index (κ2) is 7.97. The molecule has 1 aliphatic rings. The molecule has 126 valence electrons. The lowest BCUT2D eigenvalue weighted by atomic mass is 10.1. The summed E-state index contributed by atoms with van der Waals surface area (Å²) in [4.78, 5) is 4.73. The van der Waals surface area contributed by atoms with Crippen LogP contribution in [0.25, 0.3) is 0 Å². The van der Waals surface area contributed by atoms with Crippen LogP contribution in [0.15, 0.2) is 54.6 Å². The van der Waals surface area contributed by atoms with E-state index < -0.39 is 0 Å². The molecule has 1 heterocycles. The number of nitrogens with zero attached hydrogens (tertiary/aromatic N) is 2. The molecule has 1 atom stereocenters. The first-order valence-electron chi connectivity index (χ1n) is 8.24. The van der Waals surface area contributed by atoms with E-state index >= 15 is 0 Å². The van der Waals surface area contributed by atoms with E-state index in [1.165, 1.54) is 5.56 Å². The first-order chi connectivity index (χ1) is 11.6. The highest BCUT2D eigenvalue weighted by Gasteiger charge is 2.23. The van der Waals surface area contributed by atoms with Crippen molar-refractivity contribution in [2.24, 2.45) is 0 Å². The highest BCUT2D eigenvalue weighted by atomic mass is 35.5. The van der Waals surface area contributed by atoms with Gasteiger partial charge in [0, 0.05) is 42.9 Å². The second-order valence-electron chi connectivity index (χ2n) is 6.05. The van der Waals surface area contributed by atoms with Crippen LogP contribution < -0.4 is 5.32 Å². The van der Waals surface area contributed by atoms with Gasteiger partial charge in [-0.3, -0.25) is 4.90 Å². The number of hydrogen-bond donors (Lipinski definition) is 1. The first-order valence-corrected chi connectivity index (χ1v) is 9.02. The van der Waals surface area contributed by atoms with Gasteiger partial charge in [-0.05, 0) is 42.9 Å². The molecule has 1 N–H and O–H groups in total. The van der Waals surface area contributed by atoms with Gasteiger partial charge in [-0.15, -0.1) is 0 Å². The van der Waals surface area contributed by atoms with Crippen LogP contribution >= 0.6 is 23.8 Å². The third-order valence-corrected chi connectivity index (χ3v) is 5.10. The fourth-order valence-electron chi connectivity index (χ4n) is 3.02. The van der Waals surface area contributed by atoms with E-state index in [1.807, 2.05) is 24.3 Å². The molecule has 3 rings (SSSR count). The van der Waals surface area contributed by atoms with E-state index in [1.54, 1.807) is 0 Å². The zero-order chi connectivity index (χ0) is 16.9.